The van der Waals surface area contributed by atoms with Crippen molar-refractivity contribution in [3.05, 3.63) is 18.0 Å². The van der Waals surface area contributed by atoms with Crippen molar-refractivity contribution in [3.8, 4) is 0 Å². The minimum Gasteiger partial charge on any atom is -0.397 e. The molecule has 1 fully saturated rings. The van der Waals surface area contributed by atoms with E-state index in [0.717, 1.165) is 0 Å². The van der Waals surface area contributed by atoms with E-state index in [2.05, 4.69) is 0 Å². The molecule has 1 aromatic rings. The Morgan fingerprint density at radius 3 is 2.67 bits per heavy atom. The molecule has 0 spiro atoms. The van der Waals surface area contributed by atoms with Crippen molar-refractivity contribution >= 4 is 21.4 Å². The first-order valence-corrected chi connectivity index (χ1v) is 7.63. The van der Waals surface area contributed by atoms with Crippen LogP contribution in [0.1, 0.15) is 16.9 Å². The first kappa shape index (κ1) is 12.9. The molecule has 2 N–H and O–H groups in total. The Bertz CT molecular complexity index is 562. The van der Waals surface area contributed by atoms with E-state index in [1.165, 1.54) is 0 Å². The van der Waals surface area contributed by atoms with Gasteiger partial charge in [-0.25, -0.2) is 8.42 Å². The number of aromatic nitrogens is 1. The fourth-order valence-electron chi connectivity index (χ4n) is 2.11. The highest BCUT2D eigenvalue weighted by Gasteiger charge is 2.24. The van der Waals surface area contributed by atoms with E-state index >= 15 is 0 Å². The van der Waals surface area contributed by atoms with Gasteiger partial charge in [-0.1, -0.05) is 0 Å². The fourth-order valence-corrected chi connectivity index (χ4v) is 3.38. The van der Waals surface area contributed by atoms with Crippen LogP contribution in [0, 0.1) is 0 Å². The van der Waals surface area contributed by atoms with E-state index < -0.39 is 9.84 Å². The summed E-state index contributed by atoms with van der Waals surface area (Å²) in [5.41, 5.74) is 6.66. The van der Waals surface area contributed by atoms with E-state index in [4.69, 9.17) is 5.73 Å². The van der Waals surface area contributed by atoms with Crippen molar-refractivity contribution in [2.45, 2.75) is 6.42 Å². The molecule has 0 aliphatic carbocycles. The van der Waals surface area contributed by atoms with Crippen LogP contribution >= 0.6 is 0 Å². The first-order valence-electron chi connectivity index (χ1n) is 5.80. The number of amides is 1. The summed E-state index contributed by atoms with van der Waals surface area (Å²) in [7, 11) is -1.25. The van der Waals surface area contributed by atoms with E-state index in [1.54, 1.807) is 28.8 Å². The maximum atomic E-state index is 12.3. The Kier molecular flexibility index (Phi) is 3.34. The van der Waals surface area contributed by atoms with E-state index in [9.17, 15) is 13.2 Å². The highest BCUT2D eigenvalue weighted by Crippen LogP contribution is 2.14. The summed E-state index contributed by atoms with van der Waals surface area (Å²) in [5.74, 6) is 0.0383. The molecule has 0 saturated carbocycles. The SMILES string of the molecule is Cn1cc(N)cc1C(=O)N1CCCS(=O)(=O)CC1. The van der Waals surface area contributed by atoms with Crippen molar-refractivity contribution in [1.29, 1.82) is 0 Å². The number of aryl methyl sites for hydroxylation is 1. The predicted molar refractivity (Wildman–Crippen MR) is 69.0 cm³/mol. The van der Waals surface area contributed by atoms with Gasteiger partial charge in [0.05, 0.1) is 17.2 Å². The number of hydrogen-bond donors (Lipinski definition) is 1. The van der Waals surface area contributed by atoms with Gasteiger partial charge < -0.3 is 15.2 Å². The van der Waals surface area contributed by atoms with Gasteiger partial charge in [0.1, 0.15) is 5.69 Å². The third-order valence-electron chi connectivity index (χ3n) is 3.09. The lowest BCUT2D eigenvalue weighted by Gasteiger charge is -2.19. The summed E-state index contributed by atoms with van der Waals surface area (Å²) in [4.78, 5) is 13.8. The molecule has 0 bridgehead atoms. The molecule has 0 unspecified atom stereocenters. The standard InChI is InChI=1S/C11H17N3O3S/c1-13-8-9(12)7-10(13)11(15)14-3-2-5-18(16,17)6-4-14/h7-8H,2-6,12H2,1H3. The molecule has 1 saturated heterocycles. The van der Waals surface area contributed by atoms with Crippen molar-refractivity contribution < 1.29 is 13.2 Å². The average molecular weight is 271 g/mol. The fraction of sp³-hybridized carbons (Fsp3) is 0.545. The molecule has 7 heteroatoms. The first-order chi connectivity index (χ1) is 8.39. The number of anilines is 1. The number of nitrogens with two attached hydrogens (primary N) is 1. The lowest BCUT2D eigenvalue weighted by molar-refractivity contribution is 0.0759. The van der Waals surface area contributed by atoms with Gasteiger partial charge in [-0.3, -0.25) is 4.79 Å². The topological polar surface area (TPSA) is 85.4 Å². The van der Waals surface area contributed by atoms with Gasteiger partial charge in [0, 0.05) is 26.3 Å². The molecular weight excluding hydrogens is 254 g/mol. The van der Waals surface area contributed by atoms with E-state index in [1.807, 2.05) is 0 Å². The van der Waals surface area contributed by atoms with Crippen LogP contribution < -0.4 is 5.73 Å². The highest BCUT2D eigenvalue weighted by atomic mass is 32.2. The maximum Gasteiger partial charge on any atom is 0.270 e. The maximum absolute atomic E-state index is 12.3. The summed E-state index contributed by atoms with van der Waals surface area (Å²) >= 11 is 0. The van der Waals surface area contributed by atoms with Crippen LogP contribution in [-0.4, -0.2) is 48.4 Å². The monoisotopic (exact) mass is 271 g/mol. The van der Waals surface area contributed by atoms with E-state index in [0.29, 0.717) is 24.3 Å². The number of carbonyl (C=O) groups excluding carboxylic acids is 1. The van der Waals surface area contributed by atoms with Gasteiger partial charge in [0.25, 0.3) is 5.91 Å². The molecule has 0 aromatic carbocycles. The van der Waals surface area contributed by atoms with Crippen LogP contribution in [-0.2, 0) is 16.9 Å². The van der Waals surface area contributed by atoms with Crippen molar-refractivity contribution in [2.75, 3.05) is 30.3 Å². The zero-order valence-corrected chi connectivity index (χ0v) is 11.1. The second-order valence-corrected chi connectivity index (χ2v) is 6.87. The zero-order chi connectivity index (χ0) is 13.3. The van der Waals surface area contributed by atoms with Crippen molar-refractivity contribution in [3.63, 3.8) is 0 Å². The Balaban J connectivity index is 2.17. The summed E-state index contributed by atoms with van der Waals surface area (Å²) < 4.78 is 24.6. The number of sulfone groups is 1. The van der Waals surface area contributed by atoms with Crippen LogP contribution in [0.25, 0.3) is 0 Å². The van der Waals surface area contributed by atoms with Crippen LogP contribution in [0.5, 0.6) is 0 Å². The van der Waals surface area contributed by atoms with Crippen LogP contribution in [0.15, 0.2) is 12.3 Å². The van der Waals surface area contributed by atoms with Crippen molar-refractivity contribution in [1.82, 2.24) is 9.47 Å². The summed E-state index contributed by atoms with van der Waals surface area (Å²) in [6.07, 6.45) is 2.16. The summed E-state index contributed by atoms with van der Waals surface area (Å²) in [5, 5.41) is 0. The van der Waals surface area contributed by atoms with Gasteiger partial charge in [-0.05, 0) is 12.5 Å². The second kappa shape index (κ2) is 4.64. The highest BCUT2D eigenvalue weighted by molar-refractivity contribution is 7.91. The molecule has 0 atom stereocenters. The van der Waals surface area contributed by atoms with Crippen LogP contribution in [0.4, 0.5) is 5.69 Å². The van der Waals surface area contributed by atoms with Crippen molar-refractivity contribution in [2.24, 2.45) is 7.05 Å². The number of rotatable bonds is 1. The molecule has 1 aromatic heterocycles. The molecule has 2 rings (SSSR count). The molecule has 2 heterocycles. The van der Waals surface area contributed by atoms with Gasteiger partial charge in [-0.2, -0.15) is 0 Å². The number of nitrogen functional groups attached to an aromatic ring is 1. The number of carbonyl (C=O) groups is 1. The molecule has 1 aliphatic rings. The van der Waals surface area contributed by atoms with Gasteiger partial charge in [-0.15, -0.1) is 0 Å². The van der Waals surface area contributed by atoms with Gasteiger partial charge >= 0.3 is 0 Å². The average Bonchev–Trinajstić information content (AvgIpc) is 2.50. The molecule has 18 heavy (non-hydrogen) atoms. The van der Waals surface area contributed by atoms with E-state index in [-0.39, 0.29) is 24.0 Å². The quantitative estimate of drug-likeness (QED) is 0.771. The Morgan fingerprint density at radius 2 is 2.06 bits per heavy atom. The van der Waals surface area contributed by atoms with Gasteiger partial charge in [0.15, 0.2) is 9.84 Å². The molecule has 0 radical (unpaired) electrons. The Hall–Kier alpha value is -1.50. The minimum atomic E-state index is -3.00. The third-order valence-corrected chi connectivity index (χ3v) is 4.80. The predicted octanol–water partition coefficient (Wildman–Crippen LogP) is -0.132. The zero-order valence-electron chi connectivity index (χ0n) is 10.3. The van der Waals surface area contributed by atoms with Crippen LogP contribution in [0.2, 0.25) is 0 Å². The molecular formula is C11H17N3O3S. The lowest BCUT2D eigenvalue weighted by atomic mass is 10.3. The minimum absolute atomic E-state index is 0.0403. The third kappa shape index (κ3) is 2.66. The Labute approximate surface area is 106 Å². The molecule has 6 nitrogen and oxygen atoms in total. The summed E-state index contributed by atoms with van der Waals surface area (Å²) in [6.45, 7) is 0.732. The lowest BCUT2D eigenvalue weighted by Crippen LogP contribution is -2.34. The molecule has 1 aliphatic heterocycles. The number of nitrogens with zero attached hydrogens (tertiary/aromatic N) is 2. The normalized spacial score (nSPS) is 19.5. The van der Waals surface area contributed by atoms with Gasteiger partial charge in [0.2, 0.25) is 0 Å². The second-order valence-electron chi connectivity index (χ2n) is 4.57. The largest absolute Gasteiger partial charge is 0.397 e. The number of hydrogen-bond acceptors (Lipinski definition) is 4. The molecule has 100 valence electrons. The smallest absolute Gasteiger partial charge is 0.270 e. The summed E-state index contributed by atoms with van der Waals surface area (Å²) in [6, 6.07) is 1.61. The van der Waals surface area contributed by atoms with Crippen LogP contribution in [0.3, 0.4) is 0 Å². The Morgan fingerprint density at radius 1 is 1.33 bits per heavy atom. The molecule has 1 amide bonds.